The fourth-order valence-electron chi connectivity index (χ4n) is 8.86. The Labute approximate surface area is 202 Å². The molecule has 0 amide bonds. The summed E-state index contributed by atoms with van der Waals surface area (Å²) in [6, 6.07) is 0. The predicted molar refractivity (Wildman–Crippen MR) is 123 cm³/mol. The number of hydrogen-bond acceptors (Lipinski definition) is 7. The third kappa shape index (κ3) is 4.07. The zero-order chi connectivity index (χ0) is 25.0. The summed E-state index contributed by atoms with van der Waals surface area (Å²) in [5, 5.41) is 0. The molecule has 4 aliphatic rings. The van der Waals surface area contributed by atoms with Crippen molar-refractivity contribution < 1.29 is 33.4 Å². The van der Waals surface area contributed by atoms with E-state index in [1.165, 1.54) is 20.8 Å². The molecule has 4 aliphatic carbocycles. The van der Waals surface area contributed by atoms with E-state index in [0.717, 1.165) is 38.5 Å². The molecule has 7 heteroatoms. The SMILES string of the molecule is CC(=O)OC1CC[C@@]2(C)C(CC[C@H]3[C@@H]4C(OC(C)=O)C[C@H](C(C)=O)[C@@]4(C)C(OC(C)=O)C[C@@H]32)C1. The van der Waals surface area contributed by atoms with Crippen molar-refractivity contribution in [2.45, 2.75) is 105 Å². The summed E-state index contributed by atoms with van der Waals surface area (Å²) in [7, 11) is 0. The van der Waals surface area contributed by atoms with E-state index in [-0.39, 0.29) is 65.0 Å². The van der Waals surface area contributed by atoms with Gasteiger partial charge in [0.05, 0.1) is 0 Å². The van der Waals surface area contributed by atoms with E-state index in [1.54, 1.807) is 6.92 Å². The Morgan fingerprint density at radius 3 is 2.00 bits per heavy atom. The molecule has 10 atom stereocenters. The first kappa shape index (κ1) is 25.2. The average molecular weight is 477 g/mol. The molecule has 0 spiro atoms. The normalized spacial score (nSPS) is 45.2. The van der Waals surface area contributed by atoms with Crippen molar-refractivity contribution in [3.05, 3.63) is 0 Å². The van der Waals surface area contributed by atoms with Crippen LogP contribution in [0.5, 0.6) is 0 Å². The van der Waals surface area contributed by atoms with Gasteiger partial charge in [-0.25, -0.2) is 0 Å². The van der Waals surface area contributed by atoms with Crippen molar-refractivity contribution in [3.63, 3.8) is 0 Å². The largest absolute Gasteiger partial charge is 0.463 e. The highest BCUT2D eigenvalue weighted by atomic mass is 16.6. The maximum Gasteiger partial charge on any atom is 0.302 e. The second-order valence-electron chi connectivity index (χ2n) is 11.8. The van der Waals surface area contributed by atoms with E-state index in [0.29, 0.717) is 12.3 Å². The standard InChI is InChI=1S/C27H40O7/c1-14(28)21-12-23(33-16(3)30)25-20-8-7-18-11-19(32-15(2)29)9-10-26(18,5)22(20)13-24(27(21,25)6)34-17(4)31/h18-25H,7-13H2,1-6H3/t18?,19?,20-,21-,22+,23?,24?,25-,26+,27+/m1/s1. The Bertz CT molecular complexity index is 867. The van der Waals surface area contributed by atoms with Gasteiger partial charge >= 0.3 is 17.9 Å². The lowest BCUT2D eigenvalue weighted by Crippen LogP contribution is -2.61. The van der Waals surface area contributed by atoms with Crippen LogP contribution in [0.4, 0.5) is 0 Å². The number of hydrogen-bond donors (Lipinski definition) is 0. The summed E-state index contributed by atoms with van der Waals surface area (Å²) in [5.41, 5.74) is -0.536. The van der Waals surface area contributed by atoms with Crippen LogP contribution in [0.1, 0.15) is 86.5 Å². The molecule has 4 saturated carbocycles. The number of rotatable bonds is 4. The molecule has 0 aromatic heterocycles. The topological polar surface area (TPSA) is 96.0 Å². The molecule has 0 aromatic carbocycles. The number of Topliss-reactive ketones (excluding diaryl/α,β-unsaturated/α-hetero) is 1. The molecule has 7 nitrogen and oxygen atoms in total. The molecular formula is C27H40O7. The van der Waals surface area contributed by atoms with Crippen LogP contribution in [-0.4, -0.2) is 42.0 Å². The van der Waals surface area contributed by atoms with Crippen LogP contribution in [0, 0.1) is 40.4 Å². The van der Waals surface area contributed by atoms with E-state index < -0.39 is 11.5 Å². The third-order valence-electron chi connectivity index (χ3n) is 10.1. The minimum Gasteiger partial charge on any atom is -0.463 e. The zero-order valence-electron chi connectivity index (χ0n) is 21.4. The molecule has 0 aromatic rings. The van der Waals surface area contributed by atoms with E-state index in [2.05, 4.69) is 13.8 Å². The highest BCUT2D eigenvalue weighted by Gasteiger charge is 2.68. The van der Waals surface area contributed by atoms with Crippen molar-refractivity contribution >= 4 is 23.7 Å². The Morgan fingerprint density at radius 1 is 0.765 bits per heavy atom. The molecule has 0 bridgehead atoms. The second-order valence-corrected chi connectivity index (χ2v) is 11.8. The molecular weight excluding hydrogens is 436 g/mol. The van der Waals surface area contributed by atoms with E-state index in [9.17, 15) is 19.2 Å². The van der Waals surface area contributed by atoms with Crippen LogP contribution in [0.25, 0.3) is 0 Å². The van der Waals surface area contributed by atoms with Gasteiger partial charge in [0.2, 0.25) is 0 Å². The maximum absolute atomic E-state index is 12.8. The van der Waals surface area contributed by atoms with Gasteiger partial charge in [0, 0.05) is 38.0 Å². The third-order valence-corrected chi connectivity index (χ3v) is 10.1. The summed E-state index contributed by atoms with van der Waals surface area (Å²) in [4.78, 5) is 48.6. The summed E-state index contributed by atoms with van der Waals surface area (Å²) in [6.07, 6.45) is 5.08. The average Bonchev–Trinajstić information content (AvgIpc) is 3.01. The van der Waals surface area contributed by atoms with E-state index in [4.69, 9.17) is 14.2 Å². The lowest BCUT2D eigenvalue weighted by molar-refractivity contribution is -0.205. The maximum atomic E-state index is 12.8. The van der Waals surface area contributed by atoms with Gasteiger partial charge in [-0.3, -0.25) is 19.2 Å². The second kappa shape index (κ2) is 8.94. The number of carbonyl (C=O) groups excluding carboxylic acids is 4. The highest BCUT2D eigenvalue weighted by molar-refractivity contribution is 5.80. The molecule has 4 unspecified atom stereocenters. The fourth-order valence-corrected chi connectivity index (χ4v) is 8.86. The highest BCUT2D eigenvalue weighted by Crippen LogP contribution is 2.68. The van der Waals surface area contributed by atoms with Gasteiger partial charge in [0.25, 0.3) is 0 Å². The van der Waals surface area contributed by atoms with Gasteiger partial charge in [0.15, 0.2) is 0 Å². The Morgan fingerprint density at radius 2 is 1.41 bits per heavy atom. The summed E-state index contributed by atoms with van der Waals surface area (Å²) < 4.78 is 17.4. The number of carbonyl (C=O) groups is 4. The summed E-state index contributed by atoms with van der Waals surface area (Å²) in [5.74, 6) is -0.160. The molecule has 0 aliphatic heterocycles. The van der Waals surface area contributed by atoms with Crippen LogP contribution in [0.15, 0.2) is 0 Å². The fraction of sp³-hybridized carbons (Fsp3) is 0.852. The number of ketones is 1. The predicted octanol–water partition coefficient (Wildman–Crippen LogP) is 4.25. The number of fused-ring (bicyclic) bond motifs is 5. The van der Waals surface area contributed by atoms with Crippen molar-refractivity contribution in [1.29, 1.82) is 0 Å². The van der Waals surface area contributed by atoms with Gasteiger partial charge in [0.1, 0.15) is 24.1 Å². The first-order valence-electron chi connectivity index (χ1n) is 12.9. The van der Waals surface area contributed by atoms with Crippen molar-refractivity contribution in [1.82, 2.24) is 0 Å². The van der Waals surface area contributed by atoms with E-state index in [1.807, 2.05) is 0 Å². The van der Waals surface area contributed by atoms with Gasteiger partial charge in [-0.2, -0.15) is 0 Å². The molecule has 0 radical (unpaired) electrons. The molecule has 0 N–H and O–H groups in total. The zero-order valence-corrected chi connectivity index (χ0v) is 21.4. The van der Waals surface area contributed by atoms with Crippen molar-refractivity contribution in [3.8, 4) is 0 Å². The minimum absolute atomic E-state index is 0.0222. The van der Waals surface area contributed by atoms with Crippen LogP contribution in [0.2, 0.25) is 0 Å². The Hall–Kier alpha value is -1.92. The number of ether oxygens (including phenoxy) is 3. The van der Waals surface area contributed by atoms with Crippen LogP contribution >= 0.6 is 0 Å². The van der Waals surface area contributed by atoms with Gasteiger partial charge in [-0.1, -0.05) is 13.8 Å². The summed E-state index contributed by atoms with van der Waals surface area (Å²) >= 11 is 0. The monoisotopic (exact) mass is 476 g/mol. The molecule has 34 heavy (non-hydrogen) atoms. The van der Waals surface area contributed by atoms with Crippen LogP contribution in [0.3, 0.4) is 0 Å². The van der Waals surface area contributed by atoms with E-state index >= 15 is 0 Å². The van der Waals surface area contributed by atoms with Gasteiger partial charge < -0.3 is 14.2 Å². The minimum atomic E-state index is -0.559. The first-order valence-corrected chi connectivity index (χ1v) is 12.9. The molecule has 190 valence electrons. The number of esters is 3. The Kier molecular flexibility index (Phi) is 6.62. The smallest absolute Gasteiger partial charge is 0.302 e. The van der Waals surface area contributed by atoms with Gasteiger partial charge in [-0.05, 0) is 75.0 Å². The lowest BCUT2D eigenvalue weighted by atomic mass is 9.43. The quantitative estimate of drug-likeness (QED) is 0.442. The van der Waals surface area contributed by atoms with Gasteiger partial charge in [-0.15, -0.1) is 0 Å². The Balaban J connectivity index is 1.72. The molecule has 4 fully saturated rings. The molecule has 0 heterocycles. The van der Waals surface area contributed by atoms with Crippen LogP contribution in [-0.2, 0) is 33.4 Å². The molecule has 0 saturated heterocycles. The summed E-state index contributed by atoms with van der Waals surface area (Å²) in [6.45, 7) is 10.4. The van der Waals surface area contributed by atoms with Crippen molar-refractivity contribution in [2.75, 3.05) is 0 Å². The van der Waals surface area contributed by atoms with Crippen LogP contribution < -0.4 is 0 Å². The van der Waals surface area contributed by atoms with Crippen molar-refractivity contribution in [2.24, 2.45) is 40.4 Å². The molecule has 4 rings (SSSR count). The lowest BCUT2D eigenvalue weighted by Gasteiger charge is -2.62. The first-order chi connectivity index (χ1) is 15.9.